The minimum Gasteiger partial charge on any atom is -0.321 e. The first-order valence-corrected chi connectivity index (χ1v) is 9.15. The van der Waals surface area contributed by atoms with Crippen LogP contribution < -0.4 is 5.73 Å². The second-order valence-corrected chi connectivity index (χ2v) is 7.88. The number of rotatable bonds is 2. The van der Waals surface area contributed by atoms with Gasteiger partial charge in [0, 0.05) is 10.0 Å². The highest BCUT2D eigenvalue weighted by Gasteiger charge is 2.30. The van der Waals surface area contributed by atoms with Gasteiger partial charge in [0.05, 0.1) is 0 Å². The quantitative estimate of drug-likeness (QED) is 0.857. The van der Waals surface area contributed by atoms with Gasteiger partial charge < -0.3 is 10.6 Å². The topological polar surface area (TPSA) is 29.3 Å². The van der Waals surface area contributed by atoms with Crippen LogP contribution in [0.5, 0.6) is 0 Å². The van der Waals surface area contributed by atoms with Gasteiger partial charge in [-0.1, -0.05) is 47.3 Å². The van der Waals surface area contributed by atoms with Gasteiger partial charge in [0.1, 0.15) is 0 Å². The van der Waals surface area contributed by atoms with Gasteiger partial charge in [0.15, 0.2) is 0 Å². The average Bonchev–Trinajstić information content (AvgIpc) is 2.49. The highest BCUT2D eigenvalue weighted by atomic mass is 79.9. The number of halogens is 1. The van der Waals surface area contributed by atoms with Crippen molar-refractivity contribution in [2.75, 3.05) is 20.1 Å². The summed E-state index contributed by atoms with van der Waals surface area (Å²) in [4.78, 5) is 2.43. The molecule has 1 saturated carbocycles. The van der Waals surface area contributed by atoms with E-state index in [0.29, 0.717) is 5.92 Å². The van der Waals surface area contributed by atoms with Gasteiger partial charge in [-0.3, -0.25) is 0 Å². The molecule has 2 N–H and O–H groups in total. The zero-order chi connectivity index (χ0) is 14.9. The average molecular weight is 351 g/mol. The van der Waals surface area contributed by atoms with Crippen LogP contribution >= 0.6 is 15.9 Å². The molecule has 0 atom stereocenters. The molecule has 1 saturated heterocycles. The molecule has 0 amide bonds. The van der Waals surface area contributed by atoms with Crippen LogP contribution in [0.25, 0.3) is 0 Å². The molecular formula is C18H27BrN2. The van der Waals surface area contributed by atoms with Gasteiger partial charge in [0.25, 0.3) is 0 Å². The van der Waals surface area contributed by atoms with E-state index in [0.717, 1.165) is 12.8 Å². The van der Waals surface area contributed by atoms with Crippen LogP contribution in [-0.2, 0) is 5.54 Å². The summed E-state index contributed by atoms with van der Waals surface area (Å²) in [5, 5.41) is 0. The molecule has 1 heterocycles. The van der Waals surface area contributed by atoms with Crippen molar-refractivity contribution in [3.63, 3.8) is 0 Å². The lowest BCUT2D eigenvalue weighted by Crippen LogP contribution is -2.38. The fourth-order valence-corrected chi connectivity index (χ4v) is 4.66. The van der Waals surface area contributed by atoms with Gasteiger partial charge in [0.2, 0.25) is 0 Å². The van der Waals surface area contributed by atoms with E-state index in [1.807, 2.05) is 0 Å². The molecule has 116 valence electrons. The maximum Gasteiger partial charge on any atom is 0.0410 e. The van der Waals surface area contributed by atoms with Crippen molar-refractivity contribution in [3.8, 4) is 0 Å². The van der Waals surface area contributed by atoms with Crippen molar-refractivity contribution >= 4 is 15.9 Å². The van der Waals surface area contributed by atoms with E-state index in [9.17, 15) is 0 Å². The second kappa shape index (κ2) is 6.39. The summed E-state index contributed by atoms with van der Waals surface area (Å²) in [5.41, 5.74) is 9.38. The minimum absolute atomic E-state index is 0.0912. The molecule has 0 unspecified atom stereocenters. The van der Waals surface area contributed by atoms with Gasteiger partial charge in [-0.05, 0) is 68.9 Å². The van der Waals surface area contributed by atoms with E-state index in [4.69, 9.17) is 5.73 Å². The molecule has 2 nitrogen and oxygen atoms in total. The summed E-state index contributed by atoms with van der Waals surface area (Å²) in [5.74, 6) is 0.699. The normalized spacial score (nSPS) is 24.1. The summed E-state index contributed by atoms with van der Waals surface area (Å²) >= 11 is 3.82. The predicted molar refractivity (Wildman–Crippen MR) is 92.6 cm³/mol. The Labute approximate surface area is 137 Å². The third-order valence-electron chi connectivity index (χ3n) is 5.48. The molecule has 2 aliphatic rings. The fraction of sp³-hybridized carbons (Fsp3) is 0.667. The van der Waals surface area contributed by atoms with Gasteiger partial charge in [-0.15, -0.1) is 0 Å². The Balaban J connectivity index is 1.79. The molecule has 0 radical (unpaired) electrons. The van der Waals surface area contributed by atoms with Crippen LogP contribution in [0.4, 0.5) is 0 Å². The molecule has 0 aromatic heterocycles. The SMILES string of the molecule is CN1CCC(c2ccc(C3(N)CCCCC3)cc2Br)CC1. The number of hydrogen-bond donors (Lipinski definition) is 1. The van der Waals surface area contributed by atoms with Crippen molar-refractivity contribution in [2.24, 2.45) is 5.73 Å². The van der Waals surface area contributed by atoms with Crippen LogP contribution in [-0.4, -0.2) is 25.0 Å². The van der Waals surface area contributed by atoms with Gasteiger partial charge in [-0.25, -0.2) is 0 Å². The molecule has 2 fully saturated rings. The molecule has 0 spiro atoms. The zero-order valence-corrected chi connectivity index (χ0v) is 14.7. The minimum atomic E-state index is -0.0912. The number of nitrogens with zero attached hydrogens (tertiary/aromatic N) is 1. The zero-order valence-electron chi connectivity index (χ0n) is 13.1. The van der Waals surface area contributed by atoms with Gasteiger partial charge >= 0.3 is 0 Å². The first kappa shape index (κ1) is 15.5. The van der Waals surface area contributed by atoms with Crippen molar-refractivity contribution < 1.29 is 0 Å². The lowest BCUT2D eigenvalue weighted by atomic mass is 9.77. The van der Waals surface area contributed by atoms with Crippen molar-refractivity contribution in [1.82, 2.24) is 4.90 Å². The number of piperidine rings is 1. The monoisotopic (exact) mass is 350 g/mol. The highest BCUT2D eigenvalue weighted by molar-refractivity contribution is 9.10. The third kappa shape index (κ3) is 3.35. The number of nitrogens with two attached hydrogens (primary N) is 1. The second-order valence-electron chi connectivity index (χ2n) is 7.03. The maximum absolute atomic E-state index is 6.67. The van der Waals surface area contributed by atoms with E-state index in [2.05, 4.69) is 46.1 Å². The predicted octanol–water partition coefficient (Wildman–Crippen LogP) is 4.38. The molecule has 3 heteroatoms. The van der Waals surface area contributed by atoms with E-state index in [1.54, 1.807) is 0 Å². The Hall–Kier alpha value is -0.380. The third-order valence-corrected chi connectivity index (χ3v) is 6.17. The standard InChI is InChI=1S/C18H27BrN2/c1-21-11-7-14(8-12-21)16-6-5-15(13-17(16)19)18(20)9-3-2-4-10-18/h5-6,13-14H,2-4,7-12,20H2,1H3. The summed E-state index contributed by atoms with van der Waals surface area (Å²) in [6.07, 6.45) is 8.67. The lowest BCUT2D eigenvalue weighted by molar-refractivity contribution is 0.255. The lowest BCUT2D eigenvalue weighted by Gasteiger charge is -2.35. The Kier molecular flexibility index (Phi) is 4.72. The van der Waals surface area contributed by atoms with Crippen LogP contribution in [0, 0.1) is 0 Å². The van der Waals surface area contributed by atoms with Crippen molar-refractivity contribution in [2.45, 2.75) is 56.4 Å². The molecular weight excluding hydrogens is 324 g/mol. The Morgan fingerprint density at radius 1 is 1.14 bits per heavy atom. The van der Waals surface area contributed by atoms with E-state index < -0.39 is 0 Å². The van der Waals surface area contributed by atoms with Crippen molar-refractivity contribution in [1.29, 1.82) is 0 Å². The van der Waals surface area contributed by atoms with E-state index in [-0.39, 0.29) is 5.54 Å². The van der Waals surface area contributed by atoms with Crippen LogP contribution in [0.2, 0.25) is 0 Å². The van der Waals surface area contributed by atoms with E-state index >= 15 is 0 Å². The van der Waals surface area contributed by atoms with Crippen LogP contribution in [0.1, 0.15) is 62.0 Å². The molecule has 0 bridgehead atoms. The van der Waals surface area contributed by atoms with Crippen molar-refractivity contribution in [3.05, 3.63) is 33.8 Å². The number of likely N-dealkylation sites (tertiary alicyclic amines) is 1. The fourth-order valence-electron chi connectivity index (χ4n) is 3.96. The Morgan fingerprint density at radius 3 is 2.43 bits per heavy atom. The number of benzene rings is 1. The summed E-state index contributed by atoms with van der Waals surface area (Å²) in [6.45, 7) is 2.42. The molecule has 1 aliphatic carbocycles. The maximum atomic E-state index is 6.67. The Bertz CT molecular complexity index is 486. The van der Waals surface area contributed by atoms with Gasteiger partial charge in [-0.2, -0.15) is 0 Å². The molecule has 3 rings (SSSR count). The largest absolute Gasteiger partial charge is 0.321 e. The first-order valence-electron chi connectivity index (χ1n) is 8.36. The molecule has 21 heavy (non-hydrogen) atoms. The molecule has 1 aromatic carbocycles. The molecule has 1 aliphatic heterocycles. The van der Waals surface area contributed by atoms with E-state index in [1.165, 1.54) is 60.8 Å². The Morgan fingerprint density at radius 2 is 1.81 bits per heavy atom. The summed E-state index contributed by atoms with van der Waals surface area (Å²) in [6, 6.07) is 6.93. The number of hydrogen-bond acceptors (Lipinski definition) is 2. The molecule has 1 aromatic rings. The summed E-state index contributed by atoms with van der Waals surface area (Å²) in [7, 11) is 2.22. The van der Waals surface area contributed by atoms with Crippen LogP contribution in [0.15, 0.2) is 22.7 Å². The first-order chi connectivity index (χ1) is 10.1. The highest BCUT2D eigenvalue weighted by Crippen LogP contribution is 2.39. The smallest absolute Gasteiger partial charge is 0.0410 e. The van der Waals surface area contributed by atoms with Crippen LogP contribution in [0.3, 0.4) is 0 Å². The summed E-state index contributed by atoms with van der Waals surface area (Å²) < 4.78 is 1.27.